The summed E-state index contributed by atoms with van der Waals surface area (Å²) in [7, 11) is -3.71. The molecule has 0 spiro atoms. The lowest BCUT2D eigenvalue weighted by Gasteiger charge is -2.13. The maximum atomic E-state index is 13.4. The summed E-state index contributed by atoms with van der Waals surface area (Å²) in [6, 6.07) is 30.5. The fourth-order valence-electron chi connectivity index (χ4n) is 4.11. The Bertz CT molecular complexity index is 1710. The molecule has 0 saturated heterocycles. The molecule has 0 atom stereocenters. The van der Waals surface area contributed by atoms with Gasteiger partial charge in [-0.1, -0.05) is 60.2 Å². The van der Waals surface area contributed by atoms with Crippen LogP contribution in [-0.2, 0) is 10.0 Å². The van der Waals surface area contributed by atoms with E-state index in [-0.39, 0.29) is 10.8 Å². The fourth-order valence-corrected chi connectivity index (χ4v) is 5.17. The second kappa shape index (κ2) is 9.87. The third-order valence-electron chi connectivity index (χ3n) is 6.11. The van der Waals surface area contributed by atoms with Gasteiger partial charge in [0.05, 0.1) is 21.7 Å². The molecule has 37 heavy (non-hydrogen) atoms. The Hall–Kier alpha value is -4.49. The van der Waals surface area contributed by atoms with E-state index in [0.717, 1.165) is 33.3 Å². The summed E-state index contributed by atoms with van der Waals surface area (Å²) in [5.74, 6) is -0.276. The van der Waals surface area contributed by atoms with Crippen LogP contribution in [0.3, 0.4) is 0 Å². The van der Waals surface area contributed by atoms with Crippen LogP contribution >= 0.6 is 0 Å². The fraction of sp³-hybridized carbons (Fsp3) is 0.0667. The number of para-hydroxylation sites is 1. The minimum atomic E-state index is -3.71. The second-order valence-corrected chi connectivity index (χ2v) is 10.5. The van der Waals surface area contributed by atoms with Crippen LogP contribution in [0.1, 0.15) is 21.5 Å². The molecule has 0 bridgehead atoms. The molecule has 1 heterocycles. The number of nitrogens with one attached hydrogen (secondary N) is 2. The maximum Gasteiger partial charge on any atom is 0.261 e. The Balaban J connectivity index is 1.40. The minimum Gasteiger partial charge on any atom is -0.322 e. The molecule has 5 rings (SSSR count). The van der Waals surface area contributed by atoms with Crippen molar-refractivity contribution in [3.8, 4) is 11.3 Å². The van der Waals surface area contributed by atoms with E-state index >= 15 is 0 Å². The van der Waals surface area contributed by atoms with Gasteiger partial charge in [0.25, 0.3) is 15.9 Å². The number of carbonyl (C=O) groups excluding carboxylic acids is 1. The predicted octanol–water partition coefficient (Wildman–Crippen LogP) is 6.57. The van der Waals surface area contributed by atoms with Crippen LogP contribution in [0.2, 0.25) is 0 Å². The molecule has 0 saturated carbocycles. The first-order valence-corrected chi connectivity index (χ1v) is 13.3. The van der Waals surface area contributed by atoms with Crippen LogP contribution in [0.4, 0.5) is 11.4 Å². The average molecular weight is 508 g/mol. The number of rotatable bonds is 6. The van der Waals surface area contributed by atoms with Crippen molar-refractivity contribution < 1.29 is 13.2 Å². The van der Waals surface area contributed by atoms with Gasteiger partial charge in [-0.2, -0.15) is 0 Å². The van der Waals surface area contributed by atoms with Gasteiger partial charge in [0.15, 0.2) is 0 Å². The zero-order valence-electron chi connectivity index (χ0n) is 20.4. The Morgan fingerprint density at radius 2 is 1.41 bits per heavy atom. The highest BCUT2D eigenvalue weighted by Crippen LogP contribution is 2.28. The second-order valence-electron chi connectivity index (χ2n) is 8.84. The first-order valence-electron chi connectivity index (χ1n) is 11.8. The average Bonchev–Trinajstić information content (AvgIpc) is 2.89. The molecule has 1 aromatic heterocycles. The molecule has 4 aromatic carbocycles. The quantitative estimate of drug-likeness (QED) is 0.272. The summed E-state index contributed by atoms with van der Waals surface area (Å²) in [5, 5.41) is 3.68. The number of aryl methyl sites for hydroxylation is 2. The Kier molecular flexibility index (Phi) is 6.46. The van der Waals surface area contributed by atoms with Crippen molar-refractivity contribution >= 4 is 38.2 Å². The summed E-state index contributed by atoms with van der Waals surface area (Å²) in [6.07, 6.45) is 0. The molecular weight excluding hydrogens is 482 g/mol. The lowest BCUT2D eigenvalue weighted by molar-refractivity contribution is 0.102. The highest BCUT2D eigenvalue weighted by Gasteiger charge is 2.16. The molecule has 5 aromatic rings. The van der Waals surface area contributed by atoms with Crippen molar-refractivity contribution in [2.24, 2.45) is 0 Å². The summed E-state index contributed by atoms with van der Waals surface area (Å²) in [4.78, 5) is 18.3. The molecule has 0 fully saturated rings. The third kappa shape index (κ3) is 5.22. The number of benzene rings is 4. The van der Waals surface area contributed by atoms with E-state index in [0.29, 0.717) is 16.9 Å². The number of pyridine rings is 1. The first kappa shape index (κ1) is 24.2. The van der Waals surface area contributed by atoms with Gasteiger partial charge in [-0.05, 0) is 67.9 Å². The van der Waals surface area contributed by atoms with Gasteiger partial charge in [0.2, 0.25) is 0 Å². The standard InChI is InChI=1S/C30H25N3O3S/c1-20-11-17-24(18-12-20)37(35,36)33-23-15-13-22(14-16-23)31-30(34)27-19-29(25-8-4-3-7-21(25)2)32-28-10-6-5-9-26(27)28/h3-19,33H,1-2H3,(H,31,34). The summed E-state index contributed by atoms with van der Waals surface area (Å²) < 4.78 is 27.9. The van der Waals surface area contributed by atoms with Gasteiger partial charge in [0, 0.05) is 22.3 Å². The van der Waals surface area contributed by atoms with E-state index in [2.05, 4.69) is 10.0 Å². The number of amides is 1. The van der Waals surface area contributed by atoms with Gasteiger partial charge in [-0.3, -0.25) is 9.52 Å². The molecule has 0 radical (unpaired) electrons. The van der Waals surface area contributed by atoms with Crippen LogP contribution in [0.25, 0.3) is 22.2 Å². The molecule has 2 N–H and O–H groups in total. The van der Waals surface area contributed by atoms with E-state index in [9.17, 15) is 13.2 Å². The summed E-state index contributed by atoms with van der Waals surface area (Å²) >= 11 is 0. The van der Waals surface area contributed by atoms with Crippen molar-refractivity contribution in [2.75, 3.05) is 10.0 Å². The van der Waals surface area contributed by atoms with Crippen LogP contribution in [-0.4, -0.2) is 19.3 Å². The minimum absolute atomic E-state index is 0.185. The molecule has 1 amide bonds. The van der Waals surface area contributed by atoms with Crippen LogP contribution in [0.5, 0.6) is 0 Å². The molecule has 7 heteroatoms. The largest absolute Gasteiger partial charge is 0.322 e. The van der Waals surface area contributed by atoms with Gasteiger partial charge in [-0.25, -0.2) is 13.4 Å². The monoisotopic (exact) mass is 507 g/mol. The molecule has 0 unspecified atom stereocenters. The topological polar surface area (TPSA) is 88.2 Å². The number of sulfonamides is 1. The van der Waals surface area contributed by atoms with E-state index in [4.69, 9.17) is 4.98 Å². The van der Waals surface area contributed by atoms with Crippen LogP contribution in [0.15, 0.2) is 108 Å². The van der Waals surface area contributed by atoms with Crippen molar-refractivity contribution in [3.63, 3.8) is 0 Å². The van der Waals surface area contributed by atoms with Crippen molar-refractivity contribution in [1.82, 2.24) is 4.98 Å². The van der Waals surface area contributed by atoms with Crippen molar-refractivity contribution in [1.29, 1.82) is 0 Å². The van der Waals surface area contributed by atoms with Crippen LogP contribution in [0, 0.1) is 13.8 Å². The van der Waals surface area contributed by atoms with Gasteiger partial charge >= 0.3 is 0 Å². The van der Waals surface area contributed by atoms with Crippen molar-refractivity contribution in [3.05, 3.63) is 120 Å². The van der Waals surface area contributed by atoms with E-state index in [1.165, 1.54) is 0 Å². The molecule has 0 aliphatic rings. The van der Waals surface area contributed by atoms with Gasteiger partial charge < -0.3 is 5.32 Å². The van der Waals surface area contributed by atoms with E-state index in [1.54, 1.807) is 48.5 Å². The molecule has 0 aliphatic carbocycles. The lowest BCUT2D eigenvalue weighted by Crippen LogP contribution is -2.14. The van der Waals surface area contributed by atoms with Crippen molar-refractivity contribution in [2.45, 2.75) is 18.7 Å². The van der Waals surface area contributed by atoms with E-state index < -0.39 is 10.0 Å². The zero-order chi connectivity index (χ0) is 26.0. The number of anilines is 2. The smallest absolute Gasteiger partial charge is 0.261 e. The number of fused-ring (bicyclic) bond motifs is 1. The number of nitrogens with zero attached hydrogens (tertiary/aromatic N) is 1. The summed E-state index contributed by atoms with van der Waals surface area (Å²) in [5.41, 5.74) is 5.92. The summed E-state index contributed by atoms with van der Waals surface area (Å²) in [6.45, 7) is 3.91. The maximum absolute atomic E-state index is 13.4. The predicted molar refractivity (Wildman–Crippen MR) is 148 cm³/mol. The zero-order valence-corrected chi connectivity index (χ0v) is 21.2. The Morgan fingerprint density at radius 1 is 0.757 bits per heavy atom. The van der Waals surface area contributed by atoms with Gasteiger partial charge in [0.1, 0.15) is 0 Å². The number of carbonyl (C=O) groups is 1. The highest BCUT2D eigenvalue weighted by atomic mass is 32.2. The van der Waals surface area contributed by atoms with Crippen LogP contribution < -0.4 is 10.0 Å². The number of aromatic nitrogens is 1. The molecule has 6 nitrogen and oxygen atoms in total. The molecular formula is C30H25N3O3S. The first-order chi connectivity index (χ1) is 17.8. The number of hydrogen-bond acceptors (Lipinski definition) is 4. The Labute approximate surface area is 216 Å². The van der Waals surface area contributed by atoms with Gasteiger partial charge in [-0.15, -0.1) is 0 Å². The Morgan fingerprint density at radius 3 is 2.14 bits per heavy atom. The lowest BCUT2D eigenvalue weighted by atomic mass is 10.0. The SMILES string of the molecule is Cc1ccc(S(=O)(=O)Nc2ccc(NC(=O)c3cc(-c4ccccc4C)nc4ccccc34)cc2)cc1. The number of hydrogen-bond donors (Lipinski definition) is 2. The molecule has 184 valence electrons. The van der Waals surface area contributed by atoms with E-state index in [1.807, 2.05) is 68.4 Å². The highest BCUT2D eigenvalue weighted by molar-refractivity contribution is 7.92. The molecule has 0 aliphatic heterocycles. The normalized spacial score (nSPS) is 11.3. The third-order valence-corrected chi connectivity index (χ3v) is 7.51.